The maximum atomic E-state index is 5.41. The van der Waals surface area contributed by atoms with Crippen LogP contribution in [0.1, 0.15) is 11.4 Å². The first-order valence-electron chi connectivity index (χ1n) is 8.91. The van der Waals surface area contributed by atoms with E-state index in [1.54, 1.807) is 20.4 Å². The standard InChI is InChI=1S/C21H21N5O2/c1-14-10-20(23-13-16-6-4-5-9-22-16)26-21(24-14)12-17(25-26)15-7-8-18(27-2)19(11-15)28-3/h4-12,23H,13H2,1-3H3. The van der Waals surface area contributed by atoms with Crippen molar-refractivity contribution in [1.82, 2.24) is 19.6 Å². The molecular formula is C21H21N5O2. The smallest absolute Gasteiger partial charge is 0.161 e. The minimum atomic E-state index is 0.602. The predicted octanol–water partition coefficient (Wildman–Crippen LogP) is 3.73. The first-order chi connectivity index (χ1) is 13.7. The zero-order valence-electron chi connectivity index (χ0n) is 16.0. The van der Waals surface area contributed by atoms with Gasteiger partial charge in [-0.25, -0.2) is 4.98 Å². The van der Waals surface area contributed by atoms with Gasteiger partial charge < -0.3 is 14.8 Å². The summed E-state index contributed by atoms with van der Waals surface area (Å²) >= 11 is 0. The minimum absolute atomic E-state index is 0.602. The van der Waals surface area contributed by atoms with E-state index in [2.05, 4.69) is 15.3 Å². The van der Waals surface area contributed by atoms with Crippen LogP contribution in [0.4, 0.5) is 5.82 Å². The molecule has 3 aromatic heterocycles. The highest BCUT2D eigenvalue weighted by Crippen LogP contribution is 2.32. The van der Waals surface area contributed by atoms with Crippen LogP contribution in [0, 0.1) is 6.92 Å². The van der Waals surface area contributed by atoms with Crippen LogP contribution >= 0.6 is 0 Å². The zero-order valence-corrected chi connectivity index (χ0v) is 16.0. The molecule has 1 aromatic carbocycles. The first-order valence-corrected chi connectivity index (χ1v) is 8.91. The van der Waals surface area contributed by atoms with Crippen molar-refractivity contribution in [3.8, 4) is 22.8 Å². The van der Waals surface area contributed by atoms with Crippen LogP contribution in [-0.4, -0.2) is 33.8 Å². The summed E-state index contributed by atoms with van der Waals surface area (Å²) in [5, 5.41) is 8.15. The van der Waals surface area contributed by atoms with Gasteiger partial charge >= 0.3 is 0 Å². The minimum Gasteiger partial charge on any atom is -0.493 e. The molecule has 0 aliphatic heterocycles. The molecule has 7 nitrogen and oxygen atoms in total. The lowest BCUT2D eigenvalue weighted by molar-refractivity contribution is 0.355. The van der Waals surface area contributed by atoms with Gasteiger partial charge in [-0.1, -0.05) is 6.07 Å². The van der Waals surface area contributed by atoms with E-state index < -0.39 is 0 Å². The molecule has 0 bridgehead atoms. The normalized spacial score (nSPS) is 10.8. The molecular weight excluding hydrogens is 354 g/mol. The highest BCUT2D eigenvalue weighted by molar-refractivity contribution is 5.68. The third-order valence-electron chi connectivity index (χ3n) is 4.41. The summed E-state index contributed by atoms with van der Waals surface area (Å²) in [5.41, 5.74) is 4.37. The fraction of sp³-hybridized carbons (Fsp3) is 0.190. The summed E-state index contributed by atoms with van der Waals surface area (Å²) in [6, 6.07) is 15.5. The van der Waals surface area contributed by atoms with Gasteiger partial charge in [0.25, 0.3) is 0 Å². The molecule has 4 aromatic rings. The number of pyridine rings is 1. The van der Waals surface area contributed by atoms with Crippen molar-refractivity contribution < 1.29 is 9.47 Å². The maximum Gasteiger partial charge on any atom is 0.161 e. The SMILES string of the molecule is COc1ccc(-c2cc3nc(C)cc(NCc4ccccn4)n3n2)cc1OC. The molecule has 0 aliphatic carbocycles. The van der Waals surface area contributed by atoms with Gasteiger partial charge in [-0.2, -0.15) is 9.61 Å². The molecule has 4 rings (SSSR count). The highest BCUT2D eigenvalue weighted by atomic mass is 16.5. The molecule has 0 fully saturated rings. The third kappa shape index (κ3) is 3.46. The number of rotatable bonds is 6. The van der Waals surface area contributed by atoms with Gasteiger partial charge in [-0.15, -0.1) is 0 Å². The van der Waals surface area contributed by atoms with Crippen LogP contribution in [0.15, 0.2) is 54.7 Å². The van der Waals surface area contributed by atoms with Crippen molar-refractivity contribution in [1.29, 1.82) is 0 Å². The van der Waals surface area contributed by atoms with Crippen LogP contribution in [0.2, 0.25) is 0 Å². The van der Waals surface area contributed by atoms with Gasteiger partial charge in [0.1, 0.15) is 5.82 Å². The summed E-state index contributed by atoms with van der Waals surface area (Å²) in [6.07, 6.45) is 1.79. The molecule has 3 heterocycles. The summed E-state index contributed by atoms with van der Waals surface area (Å²) in [6.45, 7) is 2.57. The van der Waals surface area contributed by atoms with Crippen molar-refractivity contribution >= 4 is 11.5 Å². The van der Waals surface area contributed by atoms with Gasteiger partial charge in [-0.05, 0) is 37.3 Å². The largest absolute Gasteiger partial charge is 0.493 e. The topological polar surface area (TPSA) is 73.6 Å². The van der Waals surface area contributed by atoms with Gasteiger partial charge in [0.15, 0.2) is 17.1 Å². The molecule has 0 saturated carbocycles. The van der Waals surface area contributed by atoms with E-state index in [-0.39, 0.29) is 0 Å². The van der Waals surface area contributed by atoms with Crippen LogP contribution < -0.4 is 14.8 Å². The molecule has 0 atom stereocenters. The van der Waals surface area contributed by atoms with Crippen LogP contribution in [0.5, 0.6) is 11.5 Å². The fourth-order valence-electron chi connectivity index (χ4n) is 3.05. The second-order valence-corrected chi connectivity index (χ2v) is 6.33. The molecule has 142 valence electrons. The first kappa shape index (κ1) is 17.8. The Hall–Kier alpha value is -3.61. The lowest BCUT2D eigenvalue weighted by Crippen LogP contribution is -2.07. The Labute approximate surface area is 163 Å². The average molecular weight is 375 g/mol. The van der Waals surface area contributed by atoms with Crippen molar-refractivity contribution in [2.45, 2.75) is 13.5 Å². The number of hydrogen-bond donors (Lipinski definition) is 1. The number of aryl methyl sites for hydroxylation is 1. The summed E-state index contributed by atoms with van der Waals surface area (Å²) in [4.78, 5) is 8.95. The van der Waals surface area contributed by atoms with E-state index in [0.29, 0.717) is 18.0 Å². The molecule has 0 radical (unpaired) electrons. The monoisotopic (exact) mass is 375 g/mol. The van der Waals surface area contributed by atoms with Gasteiger partial charge in [0.05, 0.1) is 32.2 Å². The molecule has 7 heteroatoms. The number of nitrogens with zero attached hydrogens (tertiary/aromatic N) is 4. The number of aromatic nitrogens is 4. The van der Waals surface area contributed by atoms with Crippen LogP contribution in [0.3, 0.4) is 0 Å². The van der Waals surface area contributed by atoms with E-state index >= 15 is 0 Å². The predicted molar refractivity (Wildman–Crippen MR) is 108 cm³/mol. The maximum absolute atomic E-state index is 5.41. The van der Waals surface area contributed by atoms with Gasteiger partial charge in [0.2, 0.25) is 0 Å². The molecule has 1 N–H and O–H groups in total. The number of benzene rings is 1. The van der Waals surface area contributed by atoms with E-state index in [4.69, 9.17) is 14.6 Å². The molecule has 0 aliphatic rings. The molecule has 0 amide bonds. The second-order valence-electron chi connectivity index (χ2n) is 6.33. The van der Waals surface area contributed by atoms with Crippen molar-refractivity contribution in [3.05, 3.63) is 66.1 Å². The Morgan fingerprint density at radius 2 is 1.86 bits per heavy atom. The quantitative estimate of drug-likeness (QED) is 0.554. The average Bonchev–Trinajstić information content (AvgIpc) is 3.16. The summed E-state index contributed by atoms with van der Waals surface area (Å²) in [7, 11) is 3.24. The Morgan fingerprint density at radius 1 is 1.00 bits per heavy atom. The summed E-state index contributed by atoms with van der Waals surface area (Å²) < 4.78 is 12.5. The number of fused-ring (bicyclic) bond motifs is 1. The molecule has 0 saturated heterocycles. The lowest BCUT2D eigenvalue weighted by atomic mass is 10.1. The second kappa shape index (κ2) is 7.56. The van der Waals surface area contributed by atoms with E-state index in [1.165, 1.54) is 0 Å². The number of anilines is 1. The van der Waals surface area contributed by atoms with Crippen molar-refractivity contribution in [2.75, 3.05) is 19.5 Å². The van der Waals surface area contributed by atoms with Gasteiger partial charge in [0, 0.05) is 29.6 Å². The number of methoxy groups -OCH3 is 2. The fourth-order valence-corrected chi connectivity index (χ4v) is 3.05. The highest BCUT2D eigenvalue weighted by Gasteiger charge is 2.12. The molecule has 0 spiro atoms. The Bertz CT molecular complexity index is 1110. The summed E-state index contributed by atoms with van der Waals surface area (Å²) in [5.74, 6) is 2.20. The number of ether oxygens (including phenoxy) is 2. The van der Waals surface area contributed by atoms with Crippen molar-refractivity contribution in [3.63, 3.8) is 0 Å². The Kier molecular flexibility index (Phi) is 4.80. The number of nitrogens with one attached hydrogen (secondary N) is 1. The third-order valence-corrected chi connectivity index (χ3v) is 4.41. The van der Waals surface area contributed by atoms with E-state index in [1.807, 2.05) is 60.0 Å². The molecule has 0 unspecified atom stereocenters. The van der Waals surface area contributed by atoms with Crippen LogP contribution in [-0.2, 0) is 6.54 Å². The Morgan fingerprint density at radius 3 is 2.61 bits per heavy atom. The van der Waals surface area contributed by atoms with Crippen molar-refractivity contribution in [2.24, 2.45) is 0 Å². The number of hydrogen-bond acceptors (Lipinski definition) is 6. The van der Waals surface area contributed by atoms with Gasteiger partial charge in [-0.3, -0.25) is 4.98 Å². The van der Waals surface area contributed by atoms with E-state index in [9.17, 15) is 0 Å². The van der Waals surface area contributed by atoms with Crippen LogP contribution in [0.25, 0.3) is 16.9 Å². The lowest BCUT2D eigenvalue weighted by Gasteiger charge is -2.09. The van der Waals surface area contributed by atoms with E-state index in [0.717, 1.165) is 34.1 Å². The molecule has 28 heavy (non-hydrogen) atoms. The Balaban J connectivity index is 1.70. The zero-order chi connectivity index (χ0) is 19.5.